The summed E-state index contributed by atoms with van der Waals surface area (Å²) in [6, 6.07) is 9.73. The van der Waals surface area contributed by atoms with E-state index in [0.717, 1.165) is 63.1 Å². The first-order chi connectivity index (χ1) is 20.2. The lowest BCUT2D eigenvalue weighted by Gasteiger charge is -2.31. The van der Waals surface area contributed by atoms with Crippen molar-refractivity contribution in [2.75, 3.05) is 39.8 Å². The van der Waals surface area contributed by atoms with E-state index < -0.39 is 5.97 Å². The molecule has 3 aliphatic heterocycles. The van der Waals surface area contributed by atoms with Crippen LogP contribution in [0.15, 0.2) is 52.3 Å². The molecule has 0 unspecified atom stereocenters. The largest absolute Gasteiger partial charge is 0.481 e. The SMILES string of the molecule is C=NC(=N/C=C(\C)Oc1cc(CN2CCC(CC(=O)O)CC2)cc(-c2cc(Cl)cc(Cl)c2)n1)N1CC[C@@H]2CN(C)C[C@@H]21. The van der Waals surface area contributed by atoms with E-state index in [0.29, 0.717) is 51.8 Å². The molecule has 42 heavy (non-hydrogen) atoms. The zero-order chi connectivity index (χ0) is 29.8. The summed E-state index contributed by atoms with van der Waals surface area (Å²) in [6.07, 6.45) is 4.77. The lowest BCUT2D eigenvalue weighted by Crippen LogP contribution is -2.38. The van der Waals surface area contributed by atoms with E-state index in [1.165, 1.54) is 0 Å². The van der Waals surface area contributed by atoms with Gasteiger partial charge in [0.2, 0.25) is 11.8 Å². The van der Waals surface area contributed by atoms with Crippen molar-refractivity contribution in [2.45, 2.75) is 45.2 Å². The van der Waals surface area contributed by atoms with Gasteiger partial charge >= 0.3 is 5.97 Å². The number of carboxylic acids is 1. The fourth-order valence-electron chi connectivity index (χ4n) is 6.37. The Morgan fingerprint density at radius 3 is 2.55 bits per heavy atom. The van der Waals surface area contributed by atoms with Crippen LogP contribution in [0.2, 0.25) is 10.0 Å². The number of ether oxygens (including phenoxy) is 1. The molecule has 2 aromatic rings. The summed E-state index contributed by atoms with van der Waals surface area (Å²) in [5.41, 5.74) is 2.52. The quantitative estimate of drug-likeness (QED) is 0.233. The molecule has 0 bridgehead atoms. The number of fused-ring (bicyclic) bond motifs is 1. The molecule has 1 aromatic carbocycles. The summed E-state index contributed by atoms with van der Waals surface area (Å²) in [5, 5.41) is 10.2. The average molecular weight is 614 g/mol. The molecular weight excluding hydrogens is 575 g/mol. The number of halogens is 2. The number of guanidine groups is 1. The molecule has 3 fully saturated rings. The summed E-state index contributed by atoms with van der Waals surface area (Å²) in [4.78, 5) is 31.7. The number of likely N-dealkylation sites (tertiary alicyclic amines) is 3. The van der Waals surface area contributed by atoms with Gasteiger partial charge in [0, 0.05) is 60.3 Å². The molecule has 1 aromatic heterocycles. The second-order valence-corrected chi connectivity index (χ2v) is 12.5. The van der Waals surface area contributed by atoms with Gasteiger partial charge in [-0.1, -0.05) is 23.2 Å². The third-order valence-electron chi connectivity index (χ3n) is 8.35. The zero-order valence-electron chi connectivity index (χ0n) is 24.2. The normalized spacial score (nSPS) is 22.4. The molecule has 5 rings (SSSR count). The molecule has 0 aliphatic carbocycles. The number of pyridine rings is 1. The molecule has 0 spiro atoms. The molecule has 1 N–H and O–H groups in total. The lowest BCUT2D eigenvalue weighted by molar-refractivity contribution is -0.138. The van der Waals surface area contributed by atoms with E-state index in [2.05, 4.69) is 38.4 Å². The number of aromatic nitrogens is 1. The predicted octanol–water partition coefficient (Wildman–Crippen LogP) is 5.67. The standard InChI is InChI=1S/C31H38Cl2N6O3/c1-20(16-35-31(34-2)39-9-6-23-18-37(3)19-28(23)39)42-29-11-22(17-38-7-4-21(5-8-38)12-30(40)41)10-27(36-29)24-13-25(32)15-26(33)14-24/h10-11,13-16,21,23,28H,2,4-9,12,17-19H2,1,3H3,(H,40,41)/b20-16+,35-31?/t23-,28+/m1/s1. The van der Waals surface area contributed by atoms with E-state index in [-0.39, 0.29) is 12.3 Å². The number of aliphatic carboxylic acids is 1. The van der Waals surface area contributed by atoms with Crippen molar-refractivity contribution in [1.82, 2.24) is 19.7 Å². The minimum Gasteiger partial charge on any atom is -0.481 e. The predicted molar refractivity (Wildman–Crippen MR) is 167 cm³/mol. The Kier molecular flexibility index (Phi) is 9.83. The van der Waals surface area contributed by atoms with Crippen LogP contribution in [-0.2, 0) is 11.3 Å². The number of nitrogens with zero attached hydrogens (tertiary/aromatic N) is 6. The van der Waals surface area contributed by atoms with E-state index in [1.54, 1.807) is 12.3 Å². The molecule has 3 saturated heterocycles. The van der Waals surface area contributed by atoms with Crippen molar-refractivity contribution in [3.05, 3.63) is 57.9 Å². The van der Waals surface area contributed by atoms with Crippen LogP contribution in [0.3, 0.4) is 0 Å². The minimum absolute atomic E-state index is 0.226. The van der Waals surface area contributed by atoms with Crippen LogP contribution < -0.4 is 4.74 Å². The second-order valence-electron chi connectivity index (χ2n) is 11.6. The van der Waals surface area contributed by atoms with E-state index in [4.69, 9.17) is 38.0 Å². The first-order valence-electron chi connectivity index (χ1n) is 14.4. The Hall–Kier alpha value is -2.98. The molecule has 3 aliphatic rings. The Balaban J connectivity index is 1.35. The zero-order valence-corrected chi connectivity index (χ0v) is 25.7. The number of carboxylic acid groups (broad SMARTS) is 1. The number of hydrogen-bond acceptors (Lipinski definition) is 6. The van der Waals surface area contributed by atoms with Gasteiger partial charge in [0.15, 0.2) is 0 Å². The van der Waals surface area contributed by atoms with Gasteiger partial charge in [0.25, 0.3) is 0 Å². The van der Waals surface area contributed by atoms with Crippen molar-refractivity contribution in [1.29, 1.82) is 0 Å². The van der Waals surface area contributed by atoms with Gasteiger partial charge in [-0.2, -0.15) is 0 Å². The third kappa shape index (κ3) is 7.69. The van der Waals surface area contributed by atoms with Crippen LogP contribution in [0.5, 0.6) is 5.88 Å². The Morgan fingerprint density at radius 2 is 1.86 bits per heavy atom. The van der Waals surface area contributed by atoms with Crippen LogP contribution in [0.25, 0.3) is 11.3 Å². The highest BCUT2D eigenvalue weighted by atomic mass is 35.5. The van der Waals surface area contributed by atoms with Crippen LogP contribution in [0.1, 0.15) is 38.2 Å². The molecule has 0 radical (unpaired) electrons. The number of allylic oxidation sites excluding steroid dienone is 1. The molecule has 9 nitrogen and oxygen atoms in total. The summed E-state index contributed by atoms with van der Waals surface area (Å²) in [5.74, 6) is 1.76. The molecule has 224 valence electrons. The summed E-state index contributed by atoms with van der Waals surface area (Å²) < 4.78 is 6.19. The number of piperidine rings is 1. The Labute approximate surface area is 257 Å². The van der Waals surface area contributed by atoms with Gasteiger partial charge in [0.05, 0.1) is 11.9 Å². The second kappa shape index (κ2) is 13.5. The highest BCUT2D eigenvalue weighted by molar-refractivity contribution is 6.35. The van der Waals surface area contributed by atoms with Crippen molar-refractivity contribution >= 4 is 41.8 Å². The van der Waals surface area contributed by atoms with E-state index >= 15 is 0 Å². The number of aliphatic imine (C=N–C) groups is 2. The fraction of sp³-hybridized carbons (Fsp3) is 0.484. The van der Waals surface area contributed by atoms with E-state index in [1.807, 2.05) is 31.2 Å². The van der Waals surface area contributed by atoms with Crippen LogP contribution in [0.4, 0.5) is 0 Å². The topological polar surface area (TPSA) is 93.9 Å². The van der Waals surface area contributed by atoms with E-state index in [9.17, 15) is 4.79 Å². The van der Waals surface area contributed by atoms with Crippen molar-refractivity contribution in [2.24, 2.45) is 21.8 Å². The maximum absolute atomic E-state index is 11.1. The number of rotatable bonds is 8. The first kappa shape index (κ1) is 30.5. The van der Waals surface area contributed by atoms with Gasteiger partial charge in [0.1, 0.15) is 5.76 Å². The lowest BCUT2D eigenvalue weighted by atomic mass is 9.93. The third-order valence-corrected chi connectivity index (χ3v) is 8.79. The van der Waals surface area contributed by atoms with Crippen LogP contribution in [-0.4, -0.2) is 89.2 Å². The molecule has 4 heterocycles. The highest BCUT2D eigenvalue weighted by Crippen LogP contribution is 2.32. The summed E-state index contributed by atoms with van der Waals surface area (Å²) in [7, 11) is 2.15. The van der Waals surface area contributed by atoms with Gasteiger partial charge < -0.3 is 19.6 Å². The maximum atomic E-state index is 11.1. The number of hydrogen-bond donors (Lipinski definition) is 1. The minimum atomic E-state index is -0.728. The number of carbonyl (C=O) groups is 1. The van der Waals surface area contributed by atoms with Crippen LogP contribution in [0, 0.1) is 11.8 Å². The van der Waals surface area contributed by atoms with Gasteiger partial charge in [-0.05, 0) is 94.7 Å². The molecule has 0 saturated carbocycles. The van der Waals surface area contributed by atoms with Gasteiger partial charge in [-0.3, -0.25) is 9.69 Å². The Morgan fingerprint density at radius 1 is 1.12 bits per heavy atom. The molecule has 2 atom stereocenters. The van der Waals surface area contributed by atoms with Crippen molar-refractivity contribution < 1.29 is 14.6 Å². The van der Waals surface area contributed by atoms with Gasteiger partial charge in [-0.25, -0.2) is 15.0 Å². The number of likely N-dealkylation sites (N-methyl/N-ethyl adjacent to an activating group) is 1. The molecule has 0 amide bonds. The monoisotopic (exact) mass is 612 g/mol. The highest BCUT2D eigenvalue weighted by Gasteiger charge is 2.41. The van der Waals surface area contributed by atoms with Crippen molar-refractivity contribution in [3.63, 3.8) is 0 Å². The molecular formula is C31H38Cl2N6O3. The number of benzene rings is 1. The smallest absolute Gasteiger partial charge is 0.303 e. The summed E-state index contributed by atoms with van der Waals surface area (Å²) >= 11 is 12.6. The molecule has 11 heteroatoms. The summed E-state index contributed by atoms with van der Waals surface area (Å²) in [6.45, 7) is 11.0. The fourth-order valence-corrected chi connectivity index (χ4v) is 6.90. The van der Waals surface area contributed by atoms with Gasteiger partial charge in [-0.15, -0.1) is 0 Å². The van der Waals surface area contributed by atoms with Crippen LogP contribution >= 0.6 is 23.2 Å². The average Bonchev–Trinajstić information content (AvgIpc) is 3.48. The first-order valence-corrected chi connectivity index (χ1v) is 15.2. The Bertz CT molecular complexity index is 1350. The maximum Gasteiger partial charge on any atom is 0.303 e. The van der Waals surface area contributed by atoms with Crippen molar-refractivity contribution in [3.8, 4) is 17.1 Å².